The Morgan fingerprint density at radius 2 is 1.86 bits per heavy atom. The molecule has 1 aliphatic heterocycles. The smallest absolute Gasteiger partial charge is 0.339 e. The van der Waals surface area contributed by atoms with Crippen molar-refractivity contribution >= 4 is 72.5 Å². The molecular formula is C21H18BrN3O8S2. The lowest BCUT2D eigenvalue weighted by Crippen LogP contribution is -2.36. The van der Waals surface area contributed by atoms with Crippen molar-refractivity contribution in [2.75, 3.05) is 19.0 Å². The minimum absolute atomic E-state index is 0.0282. The number of nitrogens with two attached hydrogens (primary N) is 1. The van der Waals surface area contributed by atoms with Gasteiger partial charge in [-0.25, -0.2) is 0 Å². The van der Waals surface area contributed by atoms with Crippen LogP contribution in [-0.4, -0.2) is 49.9 Å². The molecule has 2 aromatic carbocycles. The van der Waals surface area contributed by atoms with Crippen LogP contribution in [-0.2, 0) is 24.5 Å². The SMILES string of the molecule is COc1cc(/C=C2\SC(=O)N(CC(N)=O)C2=O)cc(Br)c1OS(=O)(=O)c1ccc(NC(C)=O)cc1. The van der Waals surface area contributed by atoms with Crippen molar-refractivity contribution in [2.45, 2.75) is 11.8 Å². The lowest BCUT2D eigenvalue weighted by atomic mass is 10.2. The number of carbonyl (C=O) groups is 4. The summed E-state index contributed by atoms with van der Waals surface area (Å²) in [5.41, 5.74) is 5.88. The lowest BCUT2D eigenvalue weighted by Gasteiger charge is -2.14. The van der Waals surface area contributed by atoms with Crippen molar-refractivity contribution < 1.29 is 36.5 Å². The highest BCUT2D eigenvalue weighted by Gasteiger charge is 2.36. The van der Waals surface area contributed by atoms with Crippen molar-refractivity contribution in [2.24, 2.45) is 5.73 Å². The van der Waals surface area contributed by atoms with E-state index in [4.69, 9.17) is 14.7 Å². The van der Waals surface area contributed by atoms with Crippen LogP contribution in [0.5, 0.6) is 11.5 Å². The number of anilines is 1. The summed E-state index contributed by atoms with van der Waals surface area (Å²) >= 11 is 3.88. The van der Waals surface area contributed by atoms with Gasteiger partial charge >= 0.3 is 10.1 Å². The second-order valence-electron chi connectivity index (χ2n) is 7.01. The monoisotopic (exact) mass is 583 g/mol. The molecule has 14 heteroatoms. The fraction of sp³-hybridized carbons (Fsp3) is 0.143. The fourth-order valence-corrected chi connectivity index (χ4v) is 5.36. The van der Waals surface area contributed by atoms with Crippen LogP contribution in [0.3, 0.4) is 0 Å². The highest BCUT2D eigenvalue weighted by atomic mass is 79.9. The van der Waals surface area contributed by atoms with E-state index in [1.165, 1.54) is 56.5 Å². The number of benzene rings is 2. The van der Waals surface area contributed by atoms with Crippen molar-refractivity contribution in [3.63, 3.8) is 0 Å². The van der Waals surface area contributed by atoms with Crippen LogP contribution in [0.4, 0.5) is 10.5 Å². The Morgan fingerprint density at radius 3 is 2.43 bits per heavy atom. The topological polar surface area (TPSA) is 162 Å². The fourth-order valence-electron chi connectivity index (χ4n) is 2.91. The summed E-state index contributed by atoms with van der Waals surface area (Å²) in [5.74, 6) is -1.92. The third kappa shape index (κ3) is 6.21. The molecule has 4 amide bonds. The van der Waals surface area contributed by atoms with E-state index in [1.807, 2.05) is 0 Å². The van der Waals surface area contributed by atoms with Crippen molar-refractivity contribution in [1.29, 1.82) is 0 Å². The molecule has 0 aromatic heterocycles. The zero-order chi connectivity index (χ0) is 25.9. The van der Waals surface area contributed by atoms with E-state index in [1.54, 1.807) is 0 Å². The normalized spacial score (nSPS) is 14.8. The summed E-state index contributed by atoms with van der Waals surface area (Å²) < 4.78 is 36.3. The van der Waals surface area contributed by atoms with E-state index in [0.29, 0.717) is 23.0 Å². The van der Waals surface area contributed by atoms with E-state index in [2.05, 4.69) is 21.2 Å². The number of methoxy groups -OCH3 is 1. The van der Waals surface area contributed by atoms with Gasteiger partial charge in [0, 0.05) is 12.6 Å². The van der Waals surface area contributed by atoms with Crippen molar-refractivity contribution in [3.05, 3.63) is 51.3 Å². The van der Waals surface area contributed by atoms with E-state index < -0.39 is 33.7 Å². The molecule has 0 aliphatic carbocycles. The van der Waals surface area contributed by atoms with Crippen molar-refractivity contribution in [1.82, 2.24) is 4.90 Å². The summed E-state index contributed by atoms with van der Waals surface area (Å²) in [6, 6.07) is 8.26. The second kappa shape index (κ2) is 10.5. The number of hydrogen-bond acceptors (Lipinski definition) is 9. The zero-order valence-corrected chi connectivity index (χ0v) is 21.5. The molecular weight excluding hydrogens is 566 g/mol. The molecule has 1 aliphatic rings. The Balaban J connectivity index is 1.89. The second-order valence-corrected chi connectivity index (χ2v) is 10.4. The third-order valence-corrected chi connectivity index (χ3v) is 7.13. The molecule has 3 N–H and O–H groups in total. The molecule has 1 saturated heterocycles. The molecule has 1 fully saturated rings. The number of nitrogens with zero attached hydrogens (tertiary/aromatic N) is 1. The van der Waals surface area contributed by atoms with Gasteiger partial charge in [0.15, 0.2) is 11.5 Å². The van der Waals surface area contributed by atoms with Crippen LogP contribution in [0.25, 0.3) is 6.08 Å². The highest BCUT2D eigenvalue weighted by Crippen LogP contribution is 2.40. The van der Waals surface area contributed by atoms with Crippen molar-refractivity contribution in [3.8, 4) is 11.5 Å². The van der Waals surface area contributed by atoms with E-state index in [9.17, 15) is 27.6 Å². The number of thioether (sulfide) groups is 1. The first-order valence-corrected chi connectivity index (χ1v) is 12.7. The van der Waals surface area contributed by atoms with Gasteiger partial charge in [-0.3, -0.25) is 24.1 Å². The minimum atomic E-state index is -4.28. The van der Waals surface area contributed by atoms with Crippen LogP contribution in [0, 0.1) is 0 Å². The molecule has 0 atom stereocenters. The Morgan fingerprint density at radius 1 is 1.20 bits per heavy atom. The van der Waals surface area contributed by atoms with Gasteiger partial charge in [-0.2, -0.15) is 8.42 Å². The van der Waals surface area contributed by atoms with E-state index in [0.717, 1.165) is 4.90 Å². The van der Waals surface area contributed by atoms with E-state index in [-0.39, 0.29) is 31.7 Å². The largest absolute Gasteiger partial charge is 0.493 e. The number of halogens is 1. The third-order valence-electron chi connectivity index (χ3n) is 4.39. The molecule has 184 valence electrons. The Labute approximate surface area is 212 Å². The highest BCUT2D eigenvalue weighted by molar-refractivity contribution is 9.10. The predicted molar refractivity (Wildman–Crippen MR) is 131 cm³/mol. The van der Waals surface area contributed by atoms with Gasteiger partial charge in [0.25, 0.3) is 11.1 Å². The molecule has 2 aromatic rings. The van der Waals surface area contributed by atoms with Gasteiger partial charge in [0.2, 0.25) is 11.8 Å². The molecule has 0 saturated carbocycles. The molecule has 0 spiro atoms. The zero-order valence-electron chi connectivity index (χ0n) is 18.2. The number of amides is 4. The number of rotatable bonds is 8. The summed E-state index contributed by atoms with van der Waals surface area (Å²) in [5, 5.41) is 1.90. The van der Waals surface area contributed by atoms with Crippen LogP contribution in [0.15, 0.2) is 50.7 Å². The maximum Gasteiger partial charge on any atom is 0.339 e. The van der Waals surface area contributed by atoms with E-state index >= 15 is 0 Å². The lowest BCUT2D eigenvalue weighted by molar-refractivity contribution is -0.127. The summed E-state index contributed by atoms with van der Waals surface area (Å²) in [7, 11) is -2.98. The van der Waals surface area contributed by atoms with Gasteiger partial charge in [-0.15, -0.1) is 0 Å². The molecule has 11 nitrogen and oxygen atoms in total. The van der Waals surface area contributed by atoms with Gasteiger partial charge < -0.3 is 20.0 Å². The van der Waals surface area contributed by atoms with Gasteiger partial charge in [-0.05, 0) is 75.7 Å². The predicted octanol–water partition coefficient (Wildman–Crippen LogP) is 2.71. The van der Waals surface area contributed by atoms with Crippen LogP contribution in [0.2, 0.25) is 0 Å². The number of imide groups is 1. The number of primary amides is 1. The molecule has 3 rings (SSSR count). The Kier molecular flexibility index (Phi) is 7.87. The maximum atomic E-state index is 12.8. The number of hydrogen-bond donors (Lipinski definition) is 2. The molecule has 1 heterocycles. The number of nitrogens with one attached hydrogen (secondary N) is 1. The van der Waals surface area contributed by atoms with Gasteiger partial charge in [0.1, 0.15) is 11.4 Å². The minimum Gasteiger partial charge on any atom is -0.493 e. The number of ether oxygens (including phenoxy) is 1. The van der Waals surface area contributed by atoms with Gasteiger partial charge in [0.05, 0.1) is 16.5 Å². The maximum absolute atomic E-state index is 12.8. The van der Waals surface area contributed by atoms with Gasteiger partial charge in [-0.1, -0.05) is 0 Å². The first kappa shape index (κ1) is 26.2. The quantitative estimate of drug-likeness (QED) is 0.351. The van der Waals surface area contributed by atoms with Crippen LogP contribution >= 0.6 is 27.7 Å². The Hall–Kier alpha value is -3.36. The molecule has 0 radical (unpaired) electrons. The summed E-state index contributed by atoms with van der Waals surface area (Å²) in [4.78, 5) is 47.3. The average Bonchev–Trinajstić information content (AvgIpc) is 3.02. The Bertz CT molecular complexity index is 1360. The summed E-state index contributed by atoms with van der Waals surface area (Å²) in [6.07, 6.45) is 1.39. The molecule has 0 unspecified atom stereocenters. The summed E-state index contributed by atoms with van der Waals surface area (Å²) in [6.45, 7) is 0.791. The van der Waals surface area contributed by atoms with Crippen LogP contribution in [0.1, 0.15) is 12.5 Å². The van der Waals surface area contributed by atoms with Crippen LogP contribution < -0.4 is 20.0 Å². The molecule has 35 heavy (non-hydrogen) atoms. The first-order valence-electron chi connectivity index (χ1n) is 9.64. The standard InChI is InChI=1S/C21H18BrN3O8S2/c1-11(26)24-13-3-5-14(6-4-13)35(30,31)33-19-15(22)7-12(8-16(19)32-2)9-17-20(28)25(10-18(23)27)21(29)34-17/h3-9H,10H2,1-2H3,(H2,23,27)(H,24,26)/b17-9-. The molecule has 0 bridgehead atoms. The number of carbonyl (C=O) groups excluding carboxylic acids is 4. The first-order chi connectivity index (χ1) is 16.4. The average molecular weight is 584 g/mol.